The van der Waals surface area contributed by atoms with E-state index in [1.165, 1.54) is 30.1 Å². The van der Waals surface area contributed by atoms with Gasteiger partial charge in [0.25, 0.3) is 5.91 Å². The fraction of sp³-hybridized carbons (Fsp3) is 0.304. The second-order valence-electron chi connectivity index (χ2n) is 7.44. The molecule has 2 aromatic carbocycles. The van der Waals surface area contributed by atoms with Gasteiger partial charge in [-0.15, -0.1) is 11.3 Å². The van der Waals surface area contributed by atoms with Crippen molar-refractivity contribution in [1.29, 1.82) is 0 Å². The van der Waals surface area contributed by atoms with Gasteiger partial charge in [-0.25, -0.2) is 9.37 Å². The Kier molecular flexibility index (Phi) is 6.11. The maximum Gasteiger partial charge on any atom is 0.273 e. The van der Waals surface area contributed by atoms with Gasteiger partial charge in [-0.1, -0.05) is 35.9 Å². The predicted octanol–water partition coefficient (Wildman–Crippen LogP) is 4.22. The first kappa shape index (κ1) is 20.5. The van der Waals surface area contributed by atoms with E-state index in [4.69, 9.17) is 4.74 Å². The van der Waals surface area contributed by atoms with E-state index in [1.54, 1.807) is 6.07 Å². The number of carbonyl (C=O) groups is 1. The van der Waals surface area contributed by atoms with Gasteiger partial charge in [0.05, 0.1) is 7.11 Å². The molecule has 0 spiro atoms. The minimum absolute atomic E-state index is 0.0280. The van der Waals surface area contributed by atoms with E-state index in [0.717, 1.165) is 29.2 Å². The second kappa shape index (κ2) is 8.93. The Morgan fingerprint density at radius 1 is 1.13 bits per heavy atom. The van der Waals surface area contributed by atoms with E-state index in [2.05, 4.69) is 9.88 Å². The number of piperazine rings is 1. The van der Waals surface area contributed by atoms with Crippen LogP contribution in [0.4, 0.5) is 4.39 Å². The second-order valence-corrected chi connectivity index (χ2v) is 8.30. The molecule has 4 rings (SSSR count). The lowest BCUT2D eigenvalue weighted by molar-refractivity contribution is 0.0623. The largest absolute Gasteiger partial charge is 0.494 e. The average Bonchev–Trinajstić information content (AvgIpc) is 3.25. The van der Waals surface area contributed by atoms with Crippen molar-refractivity contribution in [2.45, 2.75) is 13.5 Å². The van der Waals surface area contributed by atoms with E-state index < -0.39 is 0 Å². The molecular formula is C23H24FN3O2S. The number of hydrogen-bond acceptors (Lipinski definition) is 5. The highest BCUT2D eigenvalue weighted by Gasteiger charge is 2.24. The van der Waals surface area contributed by atoms with E-state index in [9.17, 15) is 9.18 Å². The third kappa shape index (κ3) is 4.52. The molecule has 1 aromatic heterocycles. The highest BCUT2D eigenvalue weighted by molar-refractivity contribution is 7.13. The van der Waals surface area contributed by atoms with Crippen molar-refractivity contribution >= 4 is 17.2 Å². The first-order valence-corrected chi connectivity index (χ1v) is 10.8. The Hall–Kier alpha value is -2.77. The first-order chi connectivity index (χ1) is 14.5. The summed E-state index contributed by atoms with van der Waals surface area (Å²) in [6.07, 6.45) is 0. The van der Waals surface area contributed by atoms with Crippen molar-refractivity contribution in [3.8, 4) is 16.3 Å². The highest BCUT2D eigenvalue weighted by atomic mass is 32.1. The third-order valence-corrected chi connectivity index (χ3v) is 6.20. The number of methoxy groups -OCH3 is 1. The molecule has 0 aliphatic carbocycles. The van der Waals surface area contributed by atoms with Gasteiger partial charge in [-0.05, 0) is 24.6 Å². The van der Waals surface area contributed by atoms with Crippen LogP contribution in [0.15, 0.2) is 47.8 Å². The molecule has 1 aliphatic heterocycles. The van der Waals surface area contributed by atoms with Gasteiger partial charge in [-0.2, -0.15) is 0 Å². The number of ether oxygens (including phenoxy) is 1. The number of carbonyl (C=O) groups excluding carboxylic acids is 1. The van der Waals surface area contributed by atoms with Crippen molar-refractivity contribution in [1.82, 2.24) is 14.8 Å². The Balaban J connectivity index is 1.34. The monoisotopic (exact) mass is 425 g/mol. The minimum atomic E-state index is -0.350. The maximum absolute atomic E-state index is 13.9. The number of rotatable bonds is 5. The molecule has 0 N–H and O–H groups in total. The molecule has 1 saturated heterocycles. The zero-order valence-electron chi connectivity index (χ0n) is 17.1. The molecule has 30 heavy (non-hydrogen) atoms. The van der Waals surface area contributed by atoms with Gasteiger partial charge in [0.2, 0.25) is 0 Å². The lowest BCUT2D eigenvalue weighted by Gasteiger charge is -2.34. The molecule has 1 aliphatic rings. The maximum atomic E-state index is 13.9. The topological polar surface area (TPSA) is 45.7 Å². The summed E-state index contributed by atoms with van der Waals surface area (Å²) in [6, 6.07) is 13.2. The molecule has 0 bridgehead atoms. The summed E-state index contributed by atoms with van der Waals surface area (Å²) in [6.45, 7) is 5.45. The fourth-order valence-electron chi connectivity index (χ4n) is 3.54. The summed E-state index contributed by atoms with van der Waals surface area (Å²) in [7, 11) is 1.46. The van der Waals surface area contributed by atoms with Crippen LogP contribution in [-0.2, 0) is 6.54 Å². The number of aromatic nitrogens is 1. The van der Waals surface area contributed by atoms with Crippen LogP contribution in [0.25, 0.3) is 10.6 Å². The number of halogens is 1. The SMILES string of the molecule is COc1ccc(CN2CCN(C(=O)c3csc(-c4ccc(C)cc4)n3)CC2)cc1F. The van der Waals surface area contributed by atoms with Gasteiger partial charge in [0.15, 0.2) is 11.6 Å². The standard InChI is InChI=1S/C23H24FN3O2S/c1-16-3-6-18(7-4-16)22-25-20(15-30-22)23(28)27-11-9-26(10-12-27)14-17-5-8-21(29-2)19(24)13-17/h3-8,13,15H,9-12,14H2,1-2H3. The molecule has 0 unspecified atom stereocenters. The molecule has 3 aromatic rings. The molecule has 5 nitrogen and oxygen atoms in total. The molecular weight excluding hydrogens is 401 g/mol. The fourth-order valence-corrected chi connectivity index (χ4v) is 4.34. The Labute approximate surface area is 179 Å². The predicted molar refractivity (Wildman–Crippen MR) is 116 cm³/mol. The summed E-state index contributed by atoms with van der Waals surface area (Å²) >= 11 is 1.49. The zero-order valence-corrected chi connectivity index (χ0v) is 17.9. The van der Waals surface area contributed by atoms with Crippen LogP contribution in [0.1, 0.15) is 21.6 Å². The van der Waals surface area contributed by atoms with Crippen LogP contribution in [0.2, 0.25) is 0 Å². The molecule has 2 heterocycles. The van der Waals surface area contributed by atoms with Crippen molar-refractivity contribution < 1.29 is 13.9 Å². The lowest BCUT2D eigenvalue weighted by Crippen LogP contribution is -2.48. The summed E-state index contributed by atoms with van der Waals surface area (Å²) < 4.78 is 18.9. The molecule has 1 fully saturated rings. The van der Waals surface area contributed by atoms with Gasteiger partial charge < -0.3 is 9.64 Å². The van der Waals surface area contributed by atoms with Crippen molar-refractivity contribution in [2.24, 2.45) is 0 Å². The van der Waals surface area contributed by atoms with Crippen LogP contribution in [0.3, 0.4) is 0 Å². The van der Waals surface area contributed by atoms with Gasteiger partial charge in [-0.3, -0.25) is 9.69 Å². The summed E-state index contributed by atoms with van der Waals surface area (Å²) in [5.74, 6) is -0.126. The molecule has 156 valence electrons. The van der Waals surface area contributed by atoms with Gasteiger partial charge in [0.1, 0.15) is 10.7 Å². The van der Waals surface area contributed by atoms with Crippen LogP contribution in [0.5, 0.6) is 5.75 Å². The number of nitrogens with zero attached hydrogens (tertiary/aromatic N) is 3. The molecule has 0 radical (unpaired) electrons. The van der Waals surface area contributed by atoms with Gasteiger partial charge in [0, 0.05) is 43.7 Å². The Bertz CT molecular complexity index is 1030. The third-order valence-electron chi connectivity index (χ3n) is 5.30. The molecule has 1 amide bonds. The van der Waals surface area contributed by atoms with Crippen LogP contribution in [0, 0.1) is 12.7 Å². The molecule has 0 saturated carbocycles. The minimum Gasteiger partial charge on any atom is -0.494 e. The number of thiazole rings is 1. The highest BCUT2D eigenvalue weighted by Crippen LogP contribution is 2.25. The number of aryl methyl sites for hydroxylation is 1. The number of benzene rings is 2. The van der Waals surface area contributed by atoms with E-state index in [0.29, 0.717) is 25.3 Å². The van der Waals surface area contributed by atoms with Crippen LogP contribution >= 0.6 is 11.3 Å². The van der Waals surface area contributed by atoms with E-state index in [-0.39, 0.29) is 17.5 Å². The van der Waals surface area contributed by atoms with Gasteiger partial charge >= 0.3 is 0 Å². The summed E-state index contributed by atoms with van der Waals surface area (Å²) in [4.78, 5) is 21.5. The zero-order chi connectivity index (χ0) is 21.1. The average molecular weight is 426 g/mol. The lowest BCUT2D eigenvalue weighted by atomic mass is 10.1. The number of amides is 1. The summed E-state index contributed by atoms with van der Waals surface area (Å²) in [5.41, 5.74) is 3.62. The number of hydrogen-bond donors (Lipinski definition) is 0. The van der Waals surface area contributed by atoms with E-state index in [1.807, 2.05) is 47.5 Å². The first-order valence-electron chi connectivity index (χ1n) is 9.90. The Morgan fingerprint density at radius 3 is 2.53 bits per heavy atom. The quantitative estimate of drug-likeness (QED) is 0.614. The van der Waals surface area contributed by atoms with E-state index >= 15 is 0 Å². The molecule has 0 atom stereocenters. The van der Waals surface area contributed by atoms with Crippen molar-refractivity contribution in [3.63, 3.8) is 0 Å². The Morgan fingerprint density at radius 2 is 1.87 bits per heavy atom. The summed E-state index contributed by atoms with van der Waals surface area (Å²) in [5, 5.41) is 2.70. The van der Waals surface area contributed by atoms with Crippen molar-refractivity contribution in [3.05, 3.63) is 70.5 Å². The van der Waals surface area contributed by atoms with Crippen molar-refractivity contribution in [2.75, 3.05) is 33.3 Å². The van der Waals surface area contributed by atoms with Crippen LogP contribution < -0.4 is 4.74 Å². The van der Waals surface area contributed by atoms with Crippen LogP contribution in [-0.4, -0.2) is 54.0 Å². The molecule has 7 heteroatoms. The normalized spacial score (nSPS) is 14.7. The smallest absolute Gasteiger partial charge is 0.273 e.